The van der Waals surface area contributed by atoms with Crippen molar-refractivity contribution in [1.29, 1.82) is 0 Å². The van der Waals surface area contributed by atoms with Crippen LogP contribution in [0.15, 0.2) is 24.5 Å². The Labute approximate surface area is 77.4 Å². The Bertz CT molecular complexity index is 465. The lowest BCUT2D eigenvalue weighted by molar-refractivity contribution is -0.141. The van der Waals surface area contributed by atoms with E-state index in [1.54, 1.807) is 0 Å². The number of alkyl halides is 3. The van der Waals surface area contributed by atoms with Gasteiger partial charge in [-0.1, -0.05) is 0 Å². The summed E-state index contributed by atoms with van der Waals surface area (Å²) < 4.78 is 36.6. The molecule has 5 heteroatoms. The summed E-state index contributed by atoms with van der Waals surface area (Å²) >= 11 is 0. The lowest BCUT2D eigenvalue weighted by Crippen LogP contribution is -2.07. The lowest BCUT2D eigenvalue weighted by atomic mass is 10.2. The van der Waals surface area contributed by atoms with Crippen LogP contribution in [-0.2, 0) is 6.18 Å². The highest BCUT2D eigenvalue weighted by Crippen LogP contribution is 2.28. The van der Waals surface area contributed by atoms with Gasteiger partial charge in [-0.25, -0.2) is 4.98 Å². The predicted molar refractivity (Wildman–Crippen MR) is 43.4 cm³/mol. The summed E-state index contributed by atoms with van der Waals surface area (Å²) in [7, 11) is 0. The SMILES string of the molecule is FC(F)(F)c1[c]cc2cnccc2n1. The summed E-state index contributed by atoms with van der Waals surface area (Å²) in [6, 6.07) is 4.74. The first-order chi connectivity index (χ1) is 6.57. The number of hydrogen-bond donors (Lipinski definition) is 0. The van der Waals surface area contributed by atoms with Gasteiger partial charge in [0.15, 0.2) is 5.69 Å². The van der Waals surface area contributed by atoms with Crippen LogP contribution in [0, 0.1) is 6.07 Å². The second-order valence-electron chi connectivity index (χ2n) is 2.68. The zero-order chi connectivity index (χ0) is 10.2. The number of rotatable bonds is 0. The maximum atomic E-state index is 12.2. The quantitative estimate of drug-likeness (QED) is 0.648. The number of pyridine rings is 2. The Balaban J connectivity index is 2.63. The fraction of sp³-hybridized carbons (Fsp3) is 0.111. The van der Waals surface area contributed by atoms with Gasteiger partial charge in [-0.2, -0.15) is 13.2 Å². The van der Waals surface area contributed by atoms with E-state index in [1.165, 1.54) is 24.5 Å². The van der Waals surface area contributed by atoms with Crippen LogP contribution in [0.3, 0.4) is 0 Å². The second-order valence-corrected chi connectivity index (χ2v) is 2.68. The molecule has 0 N–H and O–H groups in total. The first-order valence-corrected chi connectivity index (χ1v) is 3.77. The van der Waals surface area contributed by atoms with Gasteiger partial charge in [-0.15, -0.1) is 0 Å². The Morgan fingerprint density at radius 2 is 2.07 bits per heavy atom. The minimum absolute atomic E-state index is 0.270. The number of hydrogen-bond acceptors (Lipinski definition) is 2. The summed E-state index contributed by atoms with van der Waals surface area (Å²) in [4.78, 5) is 7.19. The van der Waals surface area contributed by atoms with Gasteiger partial charge in [0.05, 0.1) is 5.52 Å². The average Bonchev–Trinajstić information content (AvgIpc) is 2.16. The molecule has 0 saturated heterocycles. The van der Waals surface area contributed by atoms with E-state index >= 15 is 0 Å². The van der Waals surface area contributed by atoms with Crippen LogP contribution < -0.4 is 0 Å². The number of nitrogens with zero attached hydrogens (tertiary/aromatic N) is 2. The number of fused-ring (bicyclic) bond motifs is 1. The Hall–Kier alpha value is -1.65. The van der Waals surface area contributed by atoms with Crippen molar-refractivity contribution in [3.8, 4) is 0 Å². The van der Waals surface area contributed by atoms with E-state index in [4.69, 9.17) is 0 Å². The van der Waals surface area contributed by atoms with E-state index < -0.39 is 11.9 Å². The number of halogens is 3. The van der Waals surface area contributed by atoms with Gasteiger partial charge >= 0.3 is 6.18 Å². The molecule has 0 aliphatic rings. The van der Waals surface area contributed by atoms with Crippen molar-refractivity contribution >= 4 is 10.9 Å². The minimum Gasteiger partial charge on any atom is -0.264 e. The topological polar surface area (TPSA) is 25.8 Å². The van der Waals surface area contributed by atoms with Gasteiger partial charge in [0, 0.05) is 23.8 Å². The molecular formula is C9H4F3N2. The first kappa shape index (κ1) is 8.93. The van der Waals surface area contributed by atoms with Crippen molar-refractivity contribution in [3.05, 3.63) is 36.3 Å². The molecular weight excluding hydrogens is 193 g/mol. The van der Waals surface area contributed by atoms with Crippen molar-refractivity contribution < 1.29 is 13.2 Å². The van der Waals surface area contributed by atoms with Crippen LogP contribution in [0.2, 0.25) is 0 Å². The van der Waals surface area contributed by atoms with Crippen molar-refractivity contribution in [2.24, 2.45) is 0 Å². The zero-order valence-electron chi connectivity index (χ0n) is 6.84. The van der Waals surface area contributed by atoms with Crippen LogP contribution in [0.4, 0.5) is 13.2 Å². The molecule has 0 aliphatic carbocycles. The highest BCUT2D eigenvalue weighted by Gasteiger charge is 2.32. The van der Waals surface area contributed by atoms with Crippen molar-refractivity contribution in [3.63, 3.8) is 0 Å². The molecule has 2 rings (SSSR count). The molecule has 2 aromatic rings. The molecule has 0 spiro atoms. The van der Waals surface area contributed by atoms with Crippen LogP contribution in [0.5, 0.6) is 0 Å². The van der Waals surface area contributed by atoms with Gasteiger partial charge in [-0.3, -0.25) is 4.98 Å². The van der Waals surface area contributed by atoms with Gasteiger partial charge in [0.1, 0.15) is 0 Å². The average molecular weight is 197 g/mol. The van der Waals surface area contributed by atoms with E-state index in [0.717, 1.165) is 0 Å². The zero-order valence-corrected chi connectivity index (χ0v) is 6.84. The summed E-state index contributed by atoms with van der Waals surface area (Å²) in [5.41, 5.74) is -0.734. The van der Waals surface area contributed by atoms with Gasteiger partial charge in [0.25, 0.3) is 0 Å². The highest BCUT2D eigenvalue weighted by atomic mass is 19.4. The van der Waals surface area contributed by atoms with Gasteiger partial charge in [-0.05, 0) is 12.1 Å². The smallest absolute Gasteiger partial charge is 0.264 e. The van der Waals surface area contributed by atoms with Crippen molar-refractivity contribution in [2.45, 2.75) is 6.18 Å². The summed E-state index contributed by atoms with van der Waals surface area (Å²) in [5, 5.41) is 0.542. The fourth-order valence-corrected chi connectivity index (χ4v) is 1.06. The molecule has 0 aliphatic heterocycles. The minimum atomic E-state index is -4.45. The molecule has 2 nitrogen and oxygen atoms in total. The molecule has 2 heterocycles. The normalized spacial score (nSPS) is 11.9. The van der Waals surface area contributed by atoms with Crippen molar-refractivity contribution in [1.82, 2.24) is 9.97 Å². The largest absolute Gasteiger partial charge is 0.433 e. The lowest BCUT2D eigenvalue weighted by Gasteiger charge is -2.05. The van der Waals surface area contributed by atoms with Crippen LogP contribution >= 0.6 is 0 Å². The van der Waals surface area contributed by atoms with E-state index in [9.17, 15) is 13.2 Å². The molecule has 0 bridgehead atoms. The van der Waals surface area contributed by atoms with Crippen LogP contribution in [0.1, 0.15) is 5.69 Å². The van der Waals surface area contributed by atoms with E-state index in [2.05, 4.69) is 16.0 Å². The molecule has 0 unspecified atom stereocenters. The Kier molecular flexibility index (Phi) is 1.87. The Morgan fingerprint density at radius 3 is 2.79 bits per heavy atom. The van der Waals surface area contributed by atoms with Gasteiger partial charge < -0.3 is 0 Å². The third kappa shape index (κ3) is 1.53. The predicted octanol–water partition coefficient (Wildman–Crippen LogP) is 2.45. The molecule has 2 aromatic heterocycles. The maximum absolute atomic E-state index is 12.2. The third-order valence-corrected chi connectivity index (χ3v) is 1.69. The van der Waals surface area contributed by atoms with Crippen LogP contribution in [0.25, 0.3) is 10.9 Å². The summed E-state index contributed by atoms with van der Waals surface area (Å²) in [5.74, 6) is 0. The Morgan fingerprint density at radius 1 is 1.29 bits per heavy atom. The summed E-state index contributed by atoms with van der Waals surface area (Å²) in [6.45, 7) is 0. The third-order valence-electron chi connectivity index (χ3n) is 1.69. The molecule has 71 valence electrons. The summed E-state index contributed by atoms with van der Waals surface area (Å²) in [6.07, 6.45) is -1.61. The second kappa shape index (κ2) is 2.94. The van der Waals surface area contributed by atoms with E-state index in [1.807, 2.05) is 0 Å². The number of aromatic nitrogens is 2. The first-order valence-electron chi connectivity index (χ1n) is 3.77. The molecule has 1 radical (unpaired) electrons. The van der Waals surface area contributed by atoms with Crippen LogP contribution in [-0.4, -0.2) is 9.97 Å². The van der Waals surface area contributed by atoms with E-state index in [-0.39, 0.29) is 5.52 Å². The van der Waals surface area contributed by atoms with E-state index in [0.29, 0.717) is 5.39 Å². The fourth-order valence-electron chi connectivity index (χ4n) is 1.06. The maximum Gasteiger partial charge on any atom is 0.433 e. The van der Waals surface area contributed by atoms with Crippen molar-refractivity contribution in [2.75, 3.05) is 0 Å². The van der Waals surface area contributed by atoms with Gasteiger partial charge in [0.2, 0.25) is 0 Å². The molecule has 0 atom stereocenters. The standard InChI is InChI=1S/C9H4F3N2/c10-9(11,12)8-2-1-6-5-13-4-3-7(6)14-8/h1,3-5H. The molecule has 0 amide bonds. The molecule has 0 fully saturated rings. The molecule has 0 aromatic carbocycles. The highest BCUT2D eigenvalue weighted by molar-refractivity contribution is 5.77. The molecule has 0 saturated carbocycles. The monoisotopic (exact) mass is 197 g/mol. The molecule has 14 heavy (non-hydrogen) atoms.